The molecule has 5 N–H and O–H groups in total. The van der Waals surface area contributed by atoms with Crippen LogP contribution in [0.2, 0.25) is 0 Å². The summed E-state index contributed by atoms with van der Waals surface area (Å²) >= 11 is 0. The topological polar surface area (TPSA) is 159 Å². The summed E-state index contributed by atoms with van der Waals surface area (Å²) in [5.74, 6) is -1.17. The normalized spacial score (nSPS) is 12.8. The number of para-hydroxylation sites is 1. The average molecular weight is 528 g/mol. The van der Waals surface area contributed by atoms with Gasteiger partial charge in [0.05, 0.1) is 0 Å². The molecule has 11 nitrogen and oxygen atoms in total. The van der Waals surface area contributed by atoms with Crippen LogP contribution in [0.5, 0.6) is 0 Å². The Labute approximate surface area is 225 Å². The number of carboxylic acids is 1. The predicted molar refractivity (Wildman–Crippen MR) is 150 cm³/mol. The third-order valence-corrected chi connectivity index (χ3v) is 6.27. The van der Waals surface area contributed by atoms with Gasteiger partial charge in [-0.05, 0) is 47.9 Å². The molecule has 4 aromatic rings. The van der Waals surface area contributed by atoms with Gasteiger partial charge in [0.15, 0.2) is 0 Å². The van der Waals surface area contributed by atoms with Gasteiger partial charge in [-0.2, -0.15) is 0 Å². The lowest BCUT2D eigenvalue weighted by atomic mass is 10.1. The van der Waals surface area contributed by atoms with E-state index < -0.39 is 18.4 Å². The monoisotopic (exact) mass is 527 g/mol. The van der Waals surface area contributed by atoms with Crippen molar-refractivity contribution in [2.75, 3.05) is 48.3 Å². The maximum atomic E-state index is 12.8. The molecule has 0 radical (unpaired) electrons. The summed E-state index contributed by atoms with van der Waals surface area (Å²) in [7, 11) is 0. The van der Waals surface area contributed by atoms with Crippen molar-refractivity contribution in [1.82, 2.24) is 14.9 Å². The standard InChI is InChI=1S/C18H15N3O3.C10H14N4O/c19-17-15-10-13(7-6-12(15)8-9-20-17)18(24)21(11-16(22)23)14-4-2-1-3-5-14;11-10(15)14-7-5-13(6-8-14)9-1-3-12-4-2-9/h1-10H,11H2,(H2,19,20)(H,22,23);1-4H,5-8H2,(H2,11,15). The number of hydrogen-bond donors (Lipinski definition) is 3. The highest BCUT2D eigenvalue weighted by Crippen LogP contribution is 2.23. The number of amides is 3. The van der Waals surface area contributed by atoms with E-state index in [1.807, 2.05) is 12.1 Å². The van der Waals surface area contributed by atoms with Crippen LogP contribution in [0.15, 0.2) is 85.3 Å². The highest BCUT2D eigenvalue weighted by molar-refractivity contribution is 6.10. The summed E-state index contributed by atoms with van der Waals surface area (Å²) in [5, 5.41) is 10.7. The van der Waals surface area contributed by atoms with Crippen LogP contribution in [0, 0.1) is 0 Å². The van der Waals surface area contributed by atoms with Crippen LogP contribution >= 0.6 is 0 Å². The Morgan fingerprint density at radius 1 is 0.897 bits per heavy atom. The summed E-state index contributed by atoms with van der Waals surface area (Å²) in [6, 6.07) is 19.2. The molecule has 1 aliphatic rings. The average Bonchev–Trinajstić information content (AvgIpc) is 2.97. The molecular weight excluding hydrogens is 498 g/mol. The number of benzene rings is 2. The smallest absolute Gasteiger partial charge is 0.323 e. The second kappa shape index (κ2) is 12.4. The van der Waals surface area contributed by atoms with Crippen molar-refractivity contribution in [2.24, 2.45) is 5.73 Å². The minimum atomic E-state index is -1.09. The molecule has 200 valence electrons. The number of fused-ring (bicyclic) bond motifs is 1. The van der Waals surface area contributed by atoms with Gasteiger partial charge in [0.2, 0.25) is 0 Å². The van der Waals surface area contributed by atoms with Gasteiger partial charge in [0, 0.05) is 67.1 Å². The SMILES string of the molecule is NC(=O)N1CCN(c2ccncc2)CC1.Nc1nccc2ccc(C(=O)N(CC(=O)O)c3ccccc3)cc12. The van der Waals surface area contributed by atoms with Gasteiger partial charge in [0.1, 0.15) is 12.4 Å². The molecule has 11 heteroatoms. The van der Waals surface area contributed by atoms with E-state index in [1.165, 1.54) is 4.90 Å². The van der Waals surface area contributed by atoms with Crippen LogP contribution in [0.3, 0.4) is 0 Å². The lowest BCUT2D eigenvalue weighted by Crippen LogP contribution is -2.50. The molecule has 2 aromatic heterocycles. The van der Waals surface area contributed by atoms with Crippen LogP contribution in [0.1, 0.15) is 10.4 Å². The van der Waals surface area contributed by atoms with Gasteiger partial charge >= 0.3 is 12.0 Å². The number of nitrogen functional groups attached to an aromatic ring is 1. The van der Waals surface area contributed by atoms with Gasteiger partial charge in [0.25, 0.3) is 5.91 Å². The number of anilines is 3. The van der Waals surface area contributed by atoms with Crippen LogP contribution in [0.4, 0.5) is 22.0 Å². The summed E-state index contributed by atoms with van der Waals surface area (Å²) in [5.41, 5.74) is 13.1. The summed E-state index contributed by atoms with van der Waals surface area (Å²) in [4.78, 5) is 48.0. The molecule has 0 bridgehead atoms. The zero-order valence-corrected chi connectivity index (χ0v) is 21.2. The molecule has 0 spiro atoms. The van der Waals surface area contributed by atoms with Crippen molar-refractivity contribution in [2.45, 2.75) is 0 Å². The molecule has 39 heavy (non-hydrogen) atoms. The van der Waals surface area contributed by atoms with Crippen molar-refractivity contribution < 1.29 is 19.5 Å². The van der Waals surface area contributed by atoms with Gasteiger partial charge in [-0.25, -0.2) is 9.78 Å². The van der Waals surface area contributed by atoms with E-state index in [9.17, 15) is 14.4 Å². The fourth-order valence-electron chi connectivity index (χ4n) is 4.24. The summed E-state index contributed by atoms with van der Waals surface area (Å²) in [6.07, 6.45) is 5.14. The molecule has 2 aromatic carbocycles. The van der Waals surface area contributed by atoms with Crippen LogP contribution < -0.4 is 21.3 Å². The fourth-order valence-corrected chi connectivity index (χ4v) is 4.24. The van der Waals surface area contributed by atoms with Crippen molar-refractivity contribution in [3.05, 3.63) is 90.9 Å². The zero-order chi connectivity index (χ0) is 27.8. The third kappa shape index (κ3) is 6.77. The first-order valence-electron chi connectivity index (χ1n) is 12.3. The van der Waals surface area contributed by atoms with E-state index in [0.29, 0.717) is 35.5 Å². The number of hydrogen-bond acceptors (Lipinski definition) is 7. The van der Waals surface area contributed by atoms with E-state index in [1.54, 1.807) is 78.1 Å². The number of nitrogens with zero attached hydrogens (tertiary/aromatic N) is 5. The predicted octanol–water partition coefficient (Wildman–Crippen LogP) is 2.83. The van der Waals surface area contributed by atoms with Crippen molar-refractivity contribution in [3.8, 4) is 0 Å². The van der Waals surface area contributed by atoms with Crippen LogP contribution in [-0.2, 0) is 4.79 Å². The Kier molecular flexibility index (Phi) is 8.52. The number of carbonyl (C=O) groups excluding carboxylic acids is 2. The number of nitrogens with two attached hydrogens (primary N) is 2. The van der Waals surface area contributed by atoms with Crippen molar-refractivity contribution >= 4 is 45.9 Å². The second-order valence-electron chi connectivity index (χ2n) is 8.77. The molecule has 0 aliphatic carbocycles. The van der Waals surface area contributed by atoms with Crippen molar-refractivity contribution in [3.63, 3.8) is 0 Å². The third-order valence-electron chi connectivity index (χ3n) is 6.27. The van der Waals surface area contributed by atoms with Crippen molar-refractivity contribution in [1.29, 1.82) is 0 Å². The molecule has 0 unspecified atom stereocenters. The first kappa shape index (κ1) is 26.9. The molecule has 5 rings (SSSR count). The van der Waals surface area contributed by atoms with Gasteiger partial charge < -0.3 is 26.4 Å². The van der Waals surface area contributed by atoms with Crippen LogP contribution in [0.25, 0.3) is 10.8 Å². The maximum Gasteiger partial charge on any atom is 0.323 e. The highest BCUT2D eigenvalue weighted by atomic mass is 16.4. The number of piperazine rings is 1. The number of carbonyl (C=O) groups is 3. The van der Waals surface area contributed by atoms with E-state index in [2.05, 4.69) is 14.9 Å². The number of aromatic nitrogens is 2. The number of aliphatic carboxylic acids is 1. The Balaban J connectivity index is 0.000000202. The first-order valence-corrected chi connectivity index (χ1v) is 12.3. The number of rotatable bonds is 5. The zero-order valence-electron chi connectivity index (χ0n) is 21.2. The Bertz CT molecular complexity index is 1440. The van der Waals surface area contributed by atoms with Gasteiger partial charge in [-0.15, -0.1) is 0 Å². The quantitative estimate of drug-likeness (QED) is 0.357. The minimum absolute atomic E-state index is 0.326. The Morgan fingerprint density at radius 3 is 2.23 bits per heavy atom. The fraction of sp³-hybridized carbons (Fsp3) is 0.179. The number of primary amides is 1. The largest absolute Gasteiger partial charge is 0.480 e. The molecule has 3 amide bonds. The molecule has 1 aliphatic heterocycles. The summed E-state index contributed by atoms with van der Waals surface area (Å²) in [6.45, 7) is 2.61. The maximum absolute atomic E-state index is 12.8. The lowest BCUT2D eigenvalue weighted by Gasteiger charge is -2.35. The van der Waals surface area contributed by atoms with Gasteiger partial charge in [-0.1, -0.05) is 24.3 Å². The Morgan fingerprint density at radius 2 is 1.59 bits per heavy atom. The highest BCUT2D eigenvalue weighted by Gasteiger charge is 2.21. The number of urea groups is 1. The van der Waals surface area contributed by atoms with E-state index in [-0.39, 0.29) is 6.03 Å². The van der Waals surface area contributed by atoms with Crippen LogP contribution in [-0.4, -0.2) is 70.6 Å². The molecule has 0 atom stereocenters. The van der Waals surface area contributed by atoms with E-state index in [0.717, 1.165) is 24.2 Å². The minimum Gasteiger partial charge on any atom is -0.480 e. The Hall–Kier alpha value is -5.19. The lowest BCUT2D eigenvalue weighted by molar-refractivity contribution is -0.135. The van der Waals surface area contributed by atoms with Gasteiger partial charge in [-0.3, -0.25) is 19.5 Å². The first-order chi connectivity index (χ1) is 18.8. The van der Waals surface area contributed by atoms with E-state index >= 15 is 0 Å². The number of carboxylic acid groups (broad SMARTS) is 1. The molecule has 1 fully saturated rings. The summed E-state index contributed by atoms with van der Waals surface area (Å²) < 4.78 is 0. The molecule has 3 heterocycles. The van der Waals surface area contributed by atoms with E-state index in [4.69, 9.17) is 16.6 Å². The number of pyridine rings is 2. The molecule has 1 saturated heterocycles. The molecule has 0 saturated carbocycles. The second-order valence-corrected chi connectivity index (χ2v) is 8.77. The molecular formula is C28H29N7O4.